The van der Waals surface area contributed by atoms with Crippen LogP contribution >= 0.6 is 0 Å². The maximum atomic E-state index is 13.0. The first-order chi connectivity index (χ1) is 12.0. The number of nitrogens with one attached hydrogen (secondary N) is 1. The van der Waals surface area contributed by atoms with E-state index >= 15 is 0 Å². The molecule has 0 aliphatic carbocycles. The summed E-state index contributed by atoms with van der Waals surface area (Å²) < 4.78 is 10.6. The SMILES string of the molecule is COc1c2[nH]c(=O)c(=O)c2c(OC)c2c(=O)c3ccccc3c(=O)c12. The third-order valence-electron chi connectivity index (χ3n) is 4.36. The predicted molar refractivity (Wildman–Crippen MR) is 93.9 cm³/mol. The minimum absolute atomic E-state index is 0.0159. The highest BCUT2D eigenvalue weighted by Gasteiger charge is 2.26. The molecule has 0 spiro atoms. The molecule has 0 saturated carbocycles. The summed E-state index contributed by atoms with van der Waals surface area (Å²) in [7, 11) is 2.58. The highest BCUT2D eigenvalue weighted by Crippen LogP contribution is 2.37. The zero-order valence-electron chi connectivity index (χ0n) is 13.3. The Morgan fingerprint density at radius 1 is 0.720 bits per heavy atom. The number of hydrogen-bond donors (Lipinski definition) is 1. The Hall–Kier alpha value is -3.48. The molecule has 4 rings (SSSR count). The molecule has 0 aliphatic heterocycles. The number of H-pyrrole nitrogens is 1. The van der Waals surface area contributed by atoms with E-state index < -0.39 is 21.8 Å². The van der Waals surface area contributed by atoms with Gasteiger partial charge in [-0.25, -0.2) is 0 Å². The fraction of sp³-hybridized carbons (Fsp3) is 0.111. The molecule has 1 heterocycles. The number of rotatable bonds is 2. The maximum Gasteiger partial charge on any atom is 0.297 e. The number of aromatic amines is 1. The van der Waals surface area contributed by atoms with E-state index in [9.17, 15) is 19.2 Å². The monoisotopic (exact) mass is 337 g/mol. The molecule has 0 radical (unpaired) electrons. The third-order valence-corrected chi connectivity index (χ3v) is 4.36. The van der Waals surface area contributed by atoms with Crippen LogP contribution in [0.25, 0.3) is 32.4 Å². The lowest BCUT2D eigenvalue weighted by Crippen LogP contribution is -2.19. The number of aromatic nitrogens is 1. The van der Waals surface area contributed by atoms with Gasteiger partial charge in [-0.05, 0) is 0 Å². The summed E-state index contributed by atoms with van der Waals surface area (Å²) >= 11 is 0. The van der Waals surface area contributed by atoms with E-state index in [0.29, 0.717) is 0 Å². The quantitative estimate of drug-likeness (QED) is 0.429. The summed E-state index contributed by atoms with van der Waals surface area (Å²) in [4.78, 5) is 52.4. The first kappa shape index (κ1) is 15.1. The molecule has 0 unspecified atom stereocenters. The topological polar surface area (TPSA) is 103 Å². The fourth-order valence-electron chi connectivity index (χ4n) is 3.31. The summed E-state index contributed by atoms with van der Waals surface area (Å²) in [5.41, 5.74) is -2.56. The van der Waals surface area contributed by atoms with Crippen LogP contribution < -0.4 is 31.3 Å². The number of benzene rings is 3. The van der Waals surface area contributed by atoms with E-state index in [4.69, 9.17) is 9.47 Å². The largest absolute Gasteiger partial charge is 0.495 e. The molecule has 7 heteroatoms. The Bertz CT molecular complexity index is 1390. The summed E-state index contributed by atoms with van der Waals surface area (Å²) in [6.07, 6.45) is 0. The Labute approximate surface area is 138 Å². The maximum absolute atomic E-state index is 13.0. The first-order valence-corrected chi connectivity index (χ1v) is 7.37. The fourth-order valence-corrected chi connectivity index (χ4v) is 3.31. The number of ether oxygens (including phenoxy) is 2. The van der Waals surface area contributed by atoms with Crippen molar-refractivity contribution in [1.29, 1.82) is 0 Å². The minimum atomic E-state index is -0.869. The van der Waals surface area contributed by atoms with Crippen LogP contribution in [0.5, 0.6) is 11.5 Å². The molecule has 3 aromatic carbocycles. The van der Waals surface area contributed by atoms with Gasteiger partial charge in [0.2, 0.25) is 0 Å². The number of methoxy groups -OCH3 is 2. The lowest BCUT2D eigenvalue weighted by Gasteiger charge is -2.11. The van der Waals surface area contributed by atoms with Gasteiger partial charge in [0.05, 0.1) is 35.9 Å². The van der Waals surface area contributed by atoms with E-state index in [1.165, 1.54) is 20.3 Å². The van der Waals surface area contributed by atoms with Crippen molar-refractivity contribution >= 4 is 32.4 Å². The highest BCUT2D eigenvalue weighted by atomic mass is 16.5. The Morgan fingerprint density at radius 3 is 1.76 bits per heavy atom. The van der Waals surface area contributed by atoms with Crippen LogP contribution in [-0.4, -0.2) is 19.2 Å². The predicted octanol–water partition coefficient (Wildman–Crippen LogP) is 0.808. The standard InChI is InChI=1S/C18H11NO6/c1-24-16-9-10(14(21)8-6-4-3-5-7(8)13(9)20)17(25-2)12-11(16)15(22)18(23)19-12/h3-6H,1-2H3,(H,19,22,23). The van der Waals surface area contributed by atoms with Crippen LogP contribution in [0.15, 0.2) is 43.4 Å². The van der Waals surface area contributed by atoms with Crippen molar-refractivity contribution in [3.8, 4) is 11.5 Å². The molecule has 1 N–H and O–H groups in total. The van der Waals surface area contributed by atoms with Crippen molar-refractivity contribution in [2.75, 3.05) is 14.2 Å². The van der Waals surface area contributed by atoms with Crippen LogP contribution in [0, 0.1) is 0 Å². The van der Waals surface area contributed by atoms with Crippen LogP contribution in [0.4, 0.5) is 0 Å². The second-order valence-electron chi connectivity index (χ2n) is 5.55. The van der Waals surface area contributed by atoms with E-state index in [1.807, 2.05) is 0 Å². The van der Waals surface area contributed by atoms with Gasteiger partial charge in [-0.2, -0.15) is 0 Å². The van der Waals surface area contributed by atoms with E-state index in [2.05, 4.69) is 4.98 Å². The molecular formula is C18H11NO6. The number of hydrogen-bond acceptors (Lipinski definition) is 6. The van der Waals surface area contributed by atoms with Gasteiger partial charge >= 0.3 is 0 Å². The van der Waals surface area contributed by atoms with Gasteiger partial charge in [-0.3, -0.25) is 19.2 Å². The molecule has 4 aromatic rings. The van der Waals surface area contributed by atoms with Crippen molar-refractivity contribution in [3.63, 3.8) is 0 Å². The zero-order valence-corrected chi connectivity index (χ0v) is 13.3. The Morgan fingerprint density at radius 2 is 1.24 bits per heavy atom. The number of fused-ring (bicyclic) bond motifs is 3. The second-order valence-corrected chi connectivity index (χ2v) is 5.55. The molecule has 7 nitrogen and oxygen atoms in total. The van der Waals surface area contributed by atoms with E-state index in [0.717, 1.165) is 0 Å². The van der Waals surface area contributed by atoms with Crippen LogP contribution in [0.3, 0.4) is 0 Å². The smallest absolute Gasteiger partial charge is 0.297 e. The Kier molecular flexibility index (Phi) is 3.02. The van der Waals surface area contributed by atoms with Crippen molar-refractivity contribution in [2.45, 2.75) is 0 Å². The lowest BCUT2D eigenvalue weighted by atomic mass is 9.98. The Balaban J connectivity index is 2.54. The summed E-state index contributed by atoms with van der Waals surface area (Å²) in [5, 5.41) is 0.271. The van der Waals surface area contributed by atoms with Crippen molar-refractivity contribution in [2.24, 2.45) is 0 Å². The molecule has 25 heavy (non-hydrogen) atoms. The summed E-state index contributed by atoms with van der Waals surface area (Å²) in [6.45, 7) is 0. The molecule has 0 fully saturated rings. The van der Waals surface area contributed by atoms with Gasteiger partial charge < -0.3 is 14.5 Å². The molecule has 0 amide bonds. The minimum Gasteiger partial charge on any atom is -0.495 e. The molecule has 0 aliphatic rings. The second kappa shape index (κ2) is 5.01. The third kappa shape index (κ3) is 1.74. The molecule has 1 aromatic heterocycles. The van der Waals surface area contributed by atoms with E-state index in [-0.39, 0.29) is 43.9 Å². The molecule has 0 bridgehead atoms. The van der Waals surface area contributed by atoms with E-state index in [1.54, 1.807) is 18.2 Å². The van der Waals surface area contributed by atoms with Crippen molar-refractivity contribution < 1.29 is 9.47 Å². The molecule has 124 valence electrons. The zero-order chi connectivity index (χ0) is 17.9. The van der Waals surface area contributed by atoms with Gasteiger partial charge in [0.25, 0.3) is 11.0 Å². The van der Waals surface area contributed by atoms with Gasteiger partial charge in [-0.15, -0.1) is 0 Å². The van der Waals surface area contributed by atoms with Crippen LogP contribution in [0.1, 0.15) is 0 Å². The first-order valence-electron chi connectivity index (χ1n) is 7.37. The average Bonchev–Trinajstić information content (AvgIpc) is 2.92. The van der Waals surface area contributed by atoms with Crippen LogP contribution in [-0.2, 0) is 0 Å². The highest BCUT2D eigenvalue weighted by molar-refractivity contribution is 6.13. The van der Waals surface area contributed by atoms with Crippen LogP contribution in [0.2, 0.25) is 0 Å². The van der Waals surface area contributed by atoms with Crippen molar-refractivity contribution in [1.82, 2.24) is 4.98 Å². The summed E-state index contributed by atoms with van der Waals surface area (Å²) in [5.74, 6) is -0.111. The molecular weight excluding hydrogens is 326 g/mol. The van der Waals surface area contributed by atoms with Gasteiger partial charge in [0.15, 0.2) is 16.6 Å². The van der Waals surface area contributed by atoms with Gasteiger partial charge in [-0.1, -0.05) is 24.3 Å². The normalized spacial score (nSPS) is 11.4. The van der Waals surface area contributed by atoms with Crippen molar-refractivity contribution in [3.05, 3.63) is 65.3 Å². The lowest BCUT2D eigenvalue weighted by molar-refractivity contribution is 0.417. The van der Waals surface area contributed by atoms with Gasteiger partial charge in [0, 0.05) is 10.8 Å². The van der Waals surface area contributed by atoms with Gasteiger partial charge in [0.1, 0.15) is 5.75 Å². The average molecular weight is 337 g/mol. The summed E-state index contributed by atoms with van der Waals surface area (Å²) in [6, 6.07) is 6.37. The molecule has 0 saturated heterocycles. The molecule has 0 atom stereocenters.